The predicted molar refractivity (Wildman–Crippen MR) is 50.0 cm³/mol. The molecule has 6 nitrogen and oxygen atoms in total. The standard InChI is InChI=1S/C7H4ClF3N2O4/c8-2-3-4(17-7(9,10)11)1-5(14)12-6(3)13(15)16/h1H,2H2,(H,12,14). The Morgan fingerprint density at radius 3 is 2.53 bits per heavy atom. The van der Waals surface area contributed by atoms with Gasteiger partial charge < -0.3 is 14.9 Å². The lowest BCUT2D eigenvalue weighted by Crippen LogP contribution is -2.21. The van der Waals surface area contributed by atoms with Crippen LogP contribution in [0.25, 0.3) is 0 Å². The summed E-state index contributed by atoms with van der Waals surface area (Å²) < 4.78 is 39.4. The first-order valence-corrected chi connectivity index (χ1v) is 4.50. The lowest BCUT2D eigenvalue weighted by molar-refractivity contribution is -0.390. The number of hydrogen-bond acceptors (Lipinski definition) is 4. The number of rotatable bonds is 3. The molecule has 94 valence electrons. The number of halogens is 4. The molecule has 0 fully saturated rings. The summed E-state index contributed by atoms with van der Waals surface area (Å²) in [5.41, 5.74) is -1.64. The fourth-order valence-electron chi connectivity index (χ4n) is 1.05. The van der Waals surface area contributed by atoms with Crippen LogP contribution in [0.3, 0.4) is 0 Å². The van der Waals surface area contributed by atoms with Crippen molar-refractivity contribution in [3.63, 3.8) is 0 Å². The number of pyridine rings is 1. The van der Waals surface area contributed by atoms with Crippen LogP contribution in [0.4, 0.5) is 19.0 Å². The summed E-state index contributed by atoms with van der Waals surface area (Å²) in [6, 6.07) is 0.443. The van der Waals surface area contributed by atoms with Crippen LogP contribution in [-0.2, 0) is 5.88 Å². The van der Waals surface area contributed by atoms with E-state index in [2.05, 4.69) is 4.74 Å². The topological polar surface area (TPSA) is 85.2 Å². The summed E-state index contributed by atoms with van der Waals surface area (Å²) >= 11 is 5.29. The number of aromatic amines is 1. The zero-order valence-electron chi connectivity index (χ0n) is 7.88. The minimum atomic E-state index is -5.07. The summed E-state index contributed by atoms with van der Waals surface area (Å²) in [5, 5.41) is 10.5. The molecular weight excluding hydrogens is 269 g/mol. The summed E-state index contributed by atoms with van der Waals surface area (Å²) in [6.07, 6.45) is -5.07. The molecule has 0 amide bonds. The van der Waals surface area contributed by atoms with Crippen molar-refractivity contribution in [3.8, 4) is 5.75 Å². The number of alkyl halides is 4. The minimum absolute atomic E-state index is 0.443. The molecule has 1 rings (SSSR count). The van der Waals surface area contributed by atoms with E-state index >= 15 is 0 Å². The van der Waals surface area contributed by atoms with Crippen molar-refractivity contribution in [2.45, 2.75) is 12.2 Å². The van der Waals surface area contributed by atoms with Crippen LogP contribution in [0.15, 0.2) is 10.9 Å². The number of nitro groups is 1. The molecular formula is C7H4ClF3N2O4. The summed E-state index contributed by atoms with van der Waals surface area (Å²) in [6.45, 7) is 0. The monoisotopic (exact) mass is 272 g/mol. The molecule has 0 bridgehead atoms. The van der Waals surface area contributed by atoms with Crippen LogP contribution in [0, 0.1) is 10.1 Å². The highest BCUT2D eigenvalue weighted by Gasteiger charge is 2.34. The number of ether oxygens (including phenoxy) is 1. The Morgan fingerprint density at radius 2 is 2.12 bits per heavy atom. The Morgan fingerprint density at radius 1 is 1.53 bits per heavy atom. The third-order valence-electron chi connectivity index (χ3n) is 1.63. The quantitative estimate of drug-likeness (QED) is 0.517. The third kappa shape index (κ3) is 3.34. The van der Waals surface area contributed by atoms with Crippen molar-refractivity contribution in [1.29, 1.82) is 0 Å². The molecule has 0 aliphatic carbocycles. The van der Waals surface area contributed by atoms with Crippen molar-refractivity contribution in [2.75, 3.05) is 0 Å². The van der Waals surface area contributed by atoms with Gasteiger partial charge in [0.15, 0.2) is 0 Å². The van der Waals surface area contributed by atoms with E-state index in [0.29, 0.717) is 6.07 Å². The first-order valence-electron chi connectivity index (χ1n) is 3.97. The maximum atomic E-state index is 12.0. The Labute approximate surface area is 96.1 Å². The smallest absolute Gasteiger partial charge is 0.405 e. The molecule has 0 radical (unpaired) electrons. The Balaban J connectivity index is 3.38. The SMILES string of the molecule is O=c1cc(OC(F)(F)F)c(CCl)c([N+](=O)[O-])[nH]1. The summed E-state index contributed by atoms with van der Waals surface area (Å²) in [5.74, 6) is -2.52. The van der Waals surface area contributed by atoms with Gasteiger partial charge in [-0.2, -0.15) is 0 Å². The lowest BCUT2D eigenvalue weighted by Gasteiger charge is -2.11. The van der Waals surface area contributed by atoms with Gasteiger partial charge in [-0.1, -0.05) is 0 Å². The van der Waals surface area contributed by atoms with Crippen LogP contribution in [-0.4, -0.2) is 16.3 Å². The van der Waals surface area contributed by atoms with E-state index < -0.39 is 39.9 Å². The zero-order chi connectivity index (χ0) is 13.2. The predicted octanol–water partition coefficient (Wildman–Crippen LogP) is 1.92. The second-order valence-electron chi connectivity index (χ2n) is 2.76. The first-order chi connectivity index (χ1) is 7.74. The maximum Gasteiger partial charge on any atom is 0.573 e. The van der Waals surface area contributed by atoms with Gasteiger partial charge in [0.25, 0.3) is 0 Å². The fourth-order valence-corrected chi connectivity index (χ4v) is 1.31. The molecule has 1 heterocycles. The molecule has 0 aliphatic heterocycles. The van der Waals surface area contributed by atoms with E-state index in [9.17, 15) is 28.1 Å². The molecule has 0 unspecified atom stereocenters. The molecule has 0 aromatic carbocycles. The number of aromatic nitrogens is 1. The van der Waals surface area contributed by atoms with Gasteiger partial charge in [0, 0.05) is 0 Å². The average Bonchev–Trinajstić information content (AvgIpc) is 2.14. The first kappa shape index (κ1) is 13.3. The van der Waals surface area contributed by atoms with Crippen LogP contribution in [0.5, 0.6) is 5.75 Å². The molecule has 10 heteroatoms. The average molecular weight is 273 g/mol. The molecule has 1 N–H and O–H groups in total. The molecule has 0 spiro atoms. The molecule has 1 aromatic heterocycles. The van der Waals surface area contributed by atoms with Crippen molar-refractivity contribution in [2.24, 2.45) is 0 Å². The highest BCUT2D eigenvalue weighted by atomic mass is 35.5. The molecule has 0 saturated carbocycles. The molecule has 0 atom stereocenters. The van der Waals surface area contributed by atoms with Crippen LogP contribution < -0.4 is 10.3 Å². The Bertz CT molecular complexity index is 499. The van der Waals surface area contributed by atoms with Crippen molar-refractivity contribution < 1.29 is 22.8 Å². The van der Waals surface area contributed by atoms with Gasteiger partial charge in [-0.15, -0.1) is 24.8 Å². The van der Waals surface area contributed by atoms with Crippen LogP contribution in [0.2, 0.25) is 0 Å². The van der Waals surface area contributed by atoms with E-state index in [1.54, 1.807) is 4.98 Å². The zero-order valence-corrected chi connectivity index (χ0v) is 8.63. The molecule has 0 aliphatic rings. The third-order valence-corrected chi connectivity index (χ3v) is 1.90. The number of nitrogens with one attached hydrogen (secondary N) is 1. The molecule has 17 heavy (non-hydrogen) atoms. The molecule has 0 saturated heterocycles. The van der Waals surface area contributed by atoms with Crippen molar-refractivity contribution in [3.05, 3.63) is 32.1 Å². The van der Waals surface area contributed by atoms with Crippen LogP contribution >= 0.6 is 11.6 Å². The van der Waals surface area contributed by atoms with Gasteiger partial charge >= 0.3 is 17.7 Å². The van der Waals surface area contributed by atoms with Gasteiger partial charge in [0.05, 0.1) is 11.9 Å². The van der Waals surface area contributed by atoms with E-state index in [-0.39, 0.29) is 0 Å². The Kier molecular flexibility index (Phi) is 3.61. The lowest BCUT2D eigenvalue weighted by atomic mass is 10.2. The second-order valence-corrected chi connectivity index (χ2v) is 3.03. The highest BCUT2D eigenvalue weighted by molar-refractivity contribution is 6.17. The fraction of sp³-hybridized carbons (Fsp3) is 0.286. The number of H-pyrrole nitrogens is 1. The largest absolute Gasteiger partial charge is 0.573 e. The van der Waals surface area contributed by atoms with Crippen molar-refractivity contribution in [1.82, 2.24) is 4.98 Å². The van der Waals surface area contributed by atoms with E-state index in [1.807, 2.05) is 0 Å². The highest BCUT2D eigenvalue weighted by Crippen LogP contribution is 2.30. The normalized spacial score (nSPS) is 11.3. The molecule has 1 aromatic rings. The van der Waals surface area contributed by atoms with Gasteiger partial charge in [0.2, 0.25) is 0 Å². The van der Waals surface area contributed by atoms with Gasteiger partial charge in [-0.05, 0) is 4.92 Å². The Hall–Kier alpha value is -1.77. The summed E-state index contributed by atoms with van der Waals surface area (Å²) in [7, 11) is 0. The number of nitrogens with zero attached hydrogens (tertiary/aromatic N) is 1. The van der Waals surface area contributed by atoms with Gasteiger partial charge in [-0.3, -0.25) is 0 Å². The van der Waals surface area contributed by atoms with E-state index in [0.717, 1.165) is 0 Å². The second kappa shape index (κ2) is 4.62. The van der Waals surface area contributed by atoms with E-state index in [4.69, 9.17) is 11.6 Å². The van der Waals surface area contributed by atoms with Gasteiger partial charge in [-0.25, -0.2) is 9.78 Å². The van der Waals surface area contributed by atoms with Crippen molar-refractivity contribution >= 4 is 17.4 Å². The minimum Gasteiger partial charge on any atom is -0.405 e. The van der Waals surface area contributed by atoms with E-state index in [1.165, 1.54) is 0 Å². The van der Waals surface area contributed by atoms with Crippen LogP contribution in [0.1, 0.15) is 5.56 Å². The summed E-state index contributed by atoms with van der Waals surface area (Å²) in [4.78, 5) is 22.1. The maximum absolute atomic E-state index is 12.0. The van der Waals surface area contributed by atoms with Gasteiger partial charge in [0.1, 0.15) is 11.3 Å². The number of hydrogen-bond donors (Lipinski definition) is 1.